The van der Waals surface area contributed by atoms with Crippen LogP contribution in [0.1, 0.15) is 49.3 Å². The first kappa shape index (κ1) is 21.3. The minimum Gasteiger partial charge on any atom is -0.496 e. The summed E-state index contributed by atoms with van der Waals surface area (Å²) in [6.45, 7) is 4.43. The summed E-state index contributed by atoms with van der Waals surface area (Å²) in [6, 6.07) is 11.2. The molecule has 0 atom stereocenters. The van der Waals surface area contributed by atoms with Crippen molar-refractivity contribution in [3.05, 3.63) is 68.5 Å². The molecule has 0 N–H and O–H groups in total. The maximum absolute atomic E-state index is 12.5. The molecule has 5 heteroatoms. The average Bonchev–Trinajstić information content (AvgIpc) is 2.72. The number of unbranched alkanes of at least 4 members (excludes halogenated alkanes) is 3. The highest BCUT2D eigenvalue weighted by molar-refractivity contribution is 6.32. The lowest BCUT2D eigenvalue weighted by Gasteiger charge is -2.13. The third-order valence-electron chi connectivity index (χ3n) is 5.20. The standard InChI is InChI=1S/C24H27ClO4/c1-4-5-6-7-11-18-16(2)19-13-20(25)23(14-22(19)29-24(18)26)28-15-17-10-8-9-12-21(17)27-3/h8-10,12-14H,4-7,11,15H2,1-3H3. The quantitative estimate of drug-likeness (QED) is 0.297. The SMILES string of the molecule is CCCCCCc1c(C)c2cc(Cl)c(OCc3ccccc3OC)cc2oc1=O. The molecular formula is C24H27ClO4. The average molecular weight is 415 g/mol. The van der Waals surface area contributed by atoms with E-state index in [0.29, 0.717) is 23.0 Å². The van der Waals surface area contributed by atoms with Crippen LogP contribution in [0.2, 0.25) is 5.02 Å². The Labute approximate surface area is 176 Å². The second-order valence-electron chi connectivity index (χ2n) is 7.18. The van der Waals surface area contributed by atoms with Crippen LogP contribution in [0.15, 0.2) is 45.6 Å². The zero-order valence-corrected chi connectivity index (χ0v) is 18.0. The van der Waals surface area contributed by atoms with Gasteiger partial charge in [-0.05, 0) is 37.5 Å². The van der Waals surface area contributed by atoms with Gasteiger partial charge >= 0.3 is 5.63 Å². The van der Waals surface area contributed by atoms with E-state index >= 15 is 0 Å². The molecule has 0 unspecified atom stereocenters. The Morgan fingerprint density at radius 2 is 1.86 bits per heavy atom. The normalized spacial score (nSPS) is 11.0. The predicted octanol–water partition coefficient (Wildman–Crippen LogP) is 6.47. The summed E-state index contributed by atoms with van der Waals surface area (Å²) in [5.74, 6) is 1.22. The lowest BCUT2D eigenvalue weighted by molar-refractivity contribution is 0.297. The van der Waals surface area contributed by atoms with Gasteiger partial charge in [0.2, 0.25) is 0 Å². The minimum absolute atomic E-state index is 0.274. The molecular weight excluding hydrogens is 388 g/mol. The third-order valence-corrected chi connectivity index (χ3v) is 5.49. The maximum atomic E-state index is 12.5. The fraction of sp³-hybridized carbons (Fsp3) is 0.375. The van der Waals surface area contributed by atoms with Crippen LogP contribution in [0.25, 0.3) is 11.0 Å². The Morgan fingerprint density at radius 3 is 2.62 bits per heavy atom. The van der Waals surface area contributed by atoms with Gasteiger partial charge in [0, 0.05) is 22.6 Å². The summed E-state index contributed by atoms with van der Waals surface area (Å²) in [7, 11) is 1.62. The first-order chi connectivity index (χ1) is 14.0. The number of aryl methyl sites for hydroxylation is 1. The highest BCUT2D eigenvalue weighted by Crippen LogP contribution is 2.33. The van der Waals surface area contributed by atoms with E-state index in [9.17, 15) is 4.79 Å². The number of benzene rings is 2. The van der Waals surface area contributed by atoms with Crippen LogP contribution in [0.5, 0.6) is 11.5 Å². The maximum Gasteiger partial charge on any atom is 0.339 e. The zero-order valence-electron chi connectivity index (χ0n) is 17.2. The van der Waals surface area contributed by atoms with Gasteiger partial charge in [0.1, 0.15) is 23.7 Å². The van der Waals surface area contributed by atoms with Crippen LogP contribution in [0, 0.1) is 6.92 Å². The van der Waals surface area contributed by atoms with E-state index in [2.05, 4.69) is 6.92 Å². The van der Waals surface area contributed by atoms with E-state index < -0.39 is 0 Å². The smallest absolute Gasteiger partial charge is 0.339 e. The zero-order chi connectivity index (χ0) is 20.8. The Kier molecular flexibility index (Phi) is 7.21. The number of ether oxygens (including phenoxy) is 2. The van der Waals surface area contributed by atoms with Gasteiger partial charge in [-0.3, -0.25) is 0 Å². The first-order valence-electron chi connectivity index (χ1n) is 10.1. The van der Waals surface area contributed by atoms with Gasteiger partial charge in [-0.2, -0.15) is 0 Å². The molecule has 154 valence electrons. The van der Waals surface area contributed by atoms with E-state index in [1.54, 1.807) is 13.2 Å². The lowest BCUT2D eigenvalue weighted by Crippen LogP contribution is -2.10. The number of rotatable bonds is 9. The molecule has 2 aromatic carbocycles. The van der Waals surface area contributed by atoms with Crippen molar-refractivity contribution >= 4 is 22.6 Å². The second kappa shape index (κ2) is 9.84. The molecule has 0 amide bonds. The van der Waals surface area contributed by atoms with Gasteiger partial charge in [0.05, 0.1) is 12.1 Å². The first-order valence-corrected chi connectivity index (χ1v) is 10.4. The van der Waals surface area contributed by atoms with Crippen molar-refractivity contribution in [2.45, 2.75) is 52.6 Å². The number of hydrogen-bond donors (Lipinski definition) is 0. The molecule has 0 bridgehead atoms. The molecule has 0 aliphatic heterocycles. The fourth-order valence-electron chi connectivity index (χ4n) is 3.50. The number of methoxy groups -OCH3 is 1. The molecule has 0 saturated carbocycles. The molecule has 29 heavy (non-hydrogen) atoms. The number of hydrogen-bond acceptors (Lipinski definition) is 4. The second-order valence-corrected chi connectivity index (χ2v) is 7.59. The topological polar surface area (TPSA) is 48.7 Å². The summed E-state index contributed by atoms with van der Waals surface area (Å²) in [5, 5.41) is 1.34. The molecule has 1 heterocycles. The van der Waals surface area contributed by atoms with Gasteiger partial charge < -0.3 is 13.9 Å². The molecule has 0 radical (unpaired) electrons. The molecule has 3 aromatic rings. The van der Waals surface area contributed by atoms with Gasteiger partial charge in [-0.15, -0.1) is 0 Å². The predicted molar refractivity (Wildman–Crippen MR) is 117 cm³/mol. The van der Waals surface area contributed by atoms with Crippen LogP contribution < -0.4 is 15.1 Å². The van der Waals surface area contributed by atoms with Gasteiger partial charge in [0.25, 0.3) is 0 Å². The summed E-state index contributed by atoms with van der Waals surface area (Å²) in [6.07, 6.45) is 5.17. The fourth-order valence-corrected chi connectivity index (χ4v) is 3.71. The van der Waals surface area contributed by atoms with Crippen molar-refractivity contribution in [1.29, 1.82) is 0 Å². The summed E-state index contributed by atoms with van der Waals surface area (Å²) >= 11 is 6.48. The molecule has 0 saturated heterocycles. The van der Waals surface area contributed by atoms with Crippen LogP contribution >= 0.6 is 11.6 Å². The molecule has 1 aromatic heterocycles. The summed E-state index contributed by atoms with van der Waals surface area (Å²) in [5.41, 5.74) is 2.80. The Morgan fingerprint density at radius 1 is 1.07 bits per heavy atom. The van der Waals surface area contributed by atoms with Crippen molar-refractivity contribution in [2.75, 3.05) is 7.11 Å². The summed E-state index contributed by atoms with van der Waals surface area (Å²) in [4.78, 5) is 12.5. The molecule has 3 rings (SSSR count). The van der Waals surface area contributed by atoms with Gasteiger partial charge in [-0.25, -0.2) is 4.79 Å². The van der Waals surface area contributed by atoms with E-state index in [1.807, 2.05) is 37.3 Å². The molecule has 0 spiro atoms. The number of fused-ring (bicyclic) bond motifs is 1. The van der Waals surface area contributed by atoms with Crippen molar-refractivity contribution in [3.63, 3.8) is 0 Å². The third kappa shape index (κ3) is 4.94. The minimum atomic E-state index is -0.274. The Bertz CT molecular complexity index is 1040. The van der Waals surface area contributed by atoms with Crippen LogP contribution in [0.3, 0.4) is 0 Å². The van der Waals surface area contributed by atoms with E-state index in [-0.39, 0.29) is 5.63 Å². The highest BCUT2D eigenvalue weighted by atomic mass is 35.5. The molecule has 0 aliphatic carbocycles. The van der Waals surface area contributed by atoms with Crippen molar-refractivity contribution in [3.8, 4) is 11.5 Å². The lowest BCUT2D eigenvalue weighted by atomic mass is 10.0. The molecule has 4 nitrogen and oxygen atoms in total. The van der Waals surface area contributed by atoms with Crippen molar-refractivity contribution in [2.24, 2.45) is 0 Å². The van der Waals surface area contributed by atoms with Gasteiger partial charge in [-0.1, -0.05) is 56.0 Å². The number of halogens is 1. The van der Waals surface area contributed by atoms with Crippen LogP contribution in [-0.4, -0.2) is 7.11 Å². The van der Waals surface area contributed by atoms with E-state index in [0.717, 1.165) is 47.1 Å². The van der Waals surface area contributed by atoms with Gasteiger partial charge in [0.15, 0.2) is 0 Å². The number of para-hydroxylation sites is 1. The van der Waals surface area contributed by atoms with Crippen LogP contribution in [0.4, 0.5) is 0 Å². The van der Waals surface area contributed by atoms with E-state index in [4.69, 9.17) is 25.5 Å². The monoisotopic (exact) mass is 414 g/mol. The summed E-state index contributed by atoms with van der Waals surface area (Å²) < 4.78 is 16.9. The van der Waals surface area contributed by atoms with Crippen LogP contribution in [-0.2, 0) is 13.0 Å². The van der Waals surface area contributed by atoms with Crippen molar-refractivity contribution < 1.29 is 13.9 Å². The molecule has 0 fully saturated rings. The Balaban J connectivity index is 1.86. The largest absolute Gasteiger partial charge is 0.496 e. The Hall–Kier alpha value is -2.46. The molecule has 0 aliphatic rings. The highest BCUT2D eigenvalue weighted by Gasteiger charge is 2.15. The van der Waals surface area contributed by atoms with E-state index in [1.165, 1.54) is 12.8 Å². The van der Waals surface area contributed by atoms with Crippen molar-refractivity contribution in [1.82, 2.24) is 0 Å².